The van der Waals surface area contributed by atoms with Crippen LogP contribution < -0.4 is 10.6 Å². The van der Waals surface area contributed by atoms with Crippen LogP contribution in [0.1, 0.15) is 6.42 Å². The number of aromatic nitrogens is 3. The van der Waals surface area contributed by atoms with E-state index in [9.17, 15) is 8.78 Å². The van der Waals surface area contributed by atoms with Gasteiger partial charge in [0, 0.05) is 11.3 Å². The molecular formula is C17H16F2N4OS. The lowest BCUT2D eigenvalue weighted by molar-refractivity contribution is 0.318. The van der Waals surface area contributed by atoms with Crippen LogP contribution in [0.15, 0.2) is 53.7 Å². The third-order valence-corrected chi connectivity index (χ3v) is 4.38. The molecule has 2 aromatic carbocycles. The molecule has 5 nitrogen and oxygen atoms in total. The smallest absolute Gasteiger partial charge is 0.210 e. The van der Waals surface area contributed by atoms with Crippen molar-refractivity contribution in [1.29, 1.82) is 0 Å². The number of ether oxygens (including phenoxy) is 1. The van der Waals surface area contributed by atoms with Crippen molar-refractivity contribution in [2.24, 2.45) is 0 Å². The van der Waals surface area contributed by atoms with Crippen LogP contribution in [0, 0.1) is 11.6 Å². The summed E-state index contributed by atoms with van der Waals surface area (Å²) in [5.41, 5.74) is 0.571. The maximum absolute atomic E-state index is 13.3. The number of benzene rings is 2. The Labute approximate surface area is 147 Å². The Hall–Kier alpha value is -2.61. The number of nitrogens with two attached hydrogens (primary N) is 1. The lowest BCUT2D eigenvalue weighted by Gasteiger charge is -2.06. The van der Waals surface area contributed by atoms with Gasteiger partial charge in [-0.15, -0.1) is 10.2 Å². The van der Waals surface area contributed by atoms with Gasteiger partial charge in [-0.05, 0) is 42.8 Å². The van der Waals surface area contributed by atoms with Crippen molar-refractivity contribution in [1.82, 2.24) is 14.9 Å². The fourth-order valence-electron chi connectivity index (χ4n) is 2.14. The summed E-state index contributed by atoms with van der Waals surface area (Å²) >= 11 is 1.43. The molecule has 0 radical (unpaired) electrons. The summed E-state index contributed by atoms with van der Waals surface area (Å²) in [4.78, 5) is 0. The van der Waals surface area contributed by atoms with Crippen LogP contribution in [0.5, 0.6) is 5.75 Å². The van der Waals surface area contributed by atoms with Gasteiger partial charge >= 0.3 is 0 Å². The van der Waals surface area contributed by atoms with Crippen molar-refractivity contribution in [3.05, 3.63) is 60.2 Å². The molecule has 0 saturated carbocycles. The minimum Gasteiger partial charge on any atom is -0.494 e. The highest BCUT2D eigenvalue weighted by Gasteiger charge is 2.12. The van der Waals surface area contributed by atoms with Gasteiger partial charge in [0.1, 0.15) is 17.4 Å². The number of thioether (sulfide) groups is 1. The SMILES string of the molecule is Nn1c(SCCCOc2ccc(F)cc2)nnc1-c1cccc(F)c1. The normalized spacial score (nSPS) is 10.8. The molecule has 0 aliphatic heterocycles. The summed E-state index contributed by atoms with van der Waals surface area (Å²) in [5.74, 6) is 7.10. The van der Waals surface area contributed by atoms with E-state index in [2.05, 4.69) is 10.2 Å². The van der Waals surface area contributed by atoms with Crippen LogP contribution in [0.25, 0.3) is 11.4 Å². The van der Waals surface area contributed by atoms with Crippen LogP contribution >= 0.6 is 11.8 Å². The number of hydrogen-bond acceptors (Lipinski definition) is 5. The molecule has 2 N–H and O–H groups in total. The highest BCUT2D eigenvalue weighted by Crippen LogP contribution is 2.22. The van der Waals surface area contributed by atoms with Crippen LogP contribution in [0.2, 0.25) is 0 Å². The molecule has 3 aromatic rings. The predicted octanol–water partition coefficient (Wildman–Crippen LogP) is 3.50. The molecule has 0 amide bonds. The lowest BCUT2D eigenvalue weighted by atomic mass is 10.2. The van der Waals surface area contributed by atoms with E-state index in [4.69, 9.17) is 10.6 Å². The predicted molar refractivity (Wildman–Crippen MR) is 92.8 cm³/mol. The highest BCUT2D eigenvalue weighted by atomic mass is 32.2. The van der Waals surface area contributed by atoms with Crippen LogP contribution in [0.3, 0.4) is 0 Å². The minimum absolute atomic E-state index is 0.292. The molecule has 3 rings (SSSR count). The molecule has 0 unspecified atom stereocenters. The Balaban J connectivity index is 1.50. The van der Waals surface area contributed by atoms with Crippen molar-refractivity contribution >= 4 is 11.8 Å². The summed E-state index contributed by atoms with van der Waals surface area (Å²) in [6.07, 6.45) is 0.754. The van der Waals surface area contributed by atoms with Crippen molar-refractivity contribution in [2.75, 3.05) is 18.2 Å². The number of halogens is 2. The molecule has 0 atom stereocenters. The van der Waals surface area contributed by atoms with E-state index < -0.39 is 0 Å². The van der Waals surface area contributed by atoms with E-state index in [-0.39, 0.29) is 11.6 Å². The summed E-state index contributed by atoms with van der Waals surface area (Å²) in [5, 5.41) is 8.59. The number of rotatable bonds is 7. The molecule has 0 fully saturated rings. The first-order valence-corrected chi connectivity index (χ1v) is 8.59. The molecule has 0 bridgehead atoms. The Bertz CT molecular complexity index is 839. The van der Waals surface area contributed by atoms with Crippen molar-refractivity contribution < 1.29 is 13.5 Å². The van der Waals surface area contributed by atoms with Crippen molar-refractivity contribution in [3.63, 3.8) is 0 Å². The molecular weight excluding hydrogens is 346 g/mol. The lowest BCUT2D eigenvalue weighted by Crippen LogP contribution is -2.12. The molecule has 8 heteroatoms. The van der Waals surface area contributed by atoms with E-state index >= 15 is 0 Å². The molecule has 25 heavy (non-hydrogen) atoms. The molecule has 1 heterocycles. The maximum atomic E-state index is 13.3. The van der Waals surface area contributed by atoms with Gasteiger partial charge in [0.05, 0.1) is 6.61 Å². The number of nitrogen functional groups attached to an aromatic ring is 1. The van der Waals surface area contributed by atoms with Gasteiger partial charge < -0.3 is 10.6 Å². The molecule has 0 aliphatic rings. The Morgan fingerprint density at radius 3 is 2.60 bits per heavy atom. The maximum Gasteiger partial charge on any atom is 0.210 e. The Morgan fingerprint density at radius 1 is 1.04 bits per heavy atom. The van der Waals surface area contributed by atoms with Gasteiger partial charge in [-0.3, -0.25) is 0 Å². The van der Waals surface area contributed by atoms with E-state index in [0.29, 0.717) is 28.9 Å². The van der Waals surface area contributed by atoms with E-state index in [1.165, 1.54) is 40.7 Å². The fraction of sp³-hybridized carbons (Fsp3) is 0.176. The minimum atomic E-state index is -0.354. The first-order valence-electron chi connectivity index (χ1n) is 7.61. The van der Waals surface area contributed by atoms with Gasteiger partial charge in [0.15, 0.2) is 5.82 Å². The quantitative estimate of drug-likeness (QED) is 0.396. The average Bonchev–Trinajstić information content (AvgIpc) is 2.97. The number of hydrogen-bond donors (Lipinski definition) is 1. The molecule has 0 aliphatic carbocycles. The Morgan fingerprint density at radius 2 is 1.84 bits per heavy atom. The summed E-state index contributed by atoms with van der Waals surface area (Å²) < 4.78 is 33.0. The number of nitrogens with zero attached hydrogens (tertiary/aromatic N) is 3. The first-order chi connectivity index (χ1) is 12.1. The summed E-state index contributed by atoms with van der Waals surface area (Å²) in [6.45, 7) is 0.494. The average molecular weight is 362 g/mol. The zero-order valence-corrected chi connectivity index (χ0v) is 14.0. The summed E-state index contributed by atoms with van der Waals surface area (Å²) in [7, 11) is 0. The van der Waals surface area contributed by atoms with Gasteiger partial charge in [-0.2, -0.15) is 0 Å². The van der Waals surface area contributed by atoms with Crippen LogP contribution in [-0.2, 0) is 0 Å². The van der Waals surface area contributed by atoms with Crippen molar-refractivity contribution in [2.45, 2.75) is 11.6 Å². The van der Waals surface area contributed by atoms with Gasteiger partial charge in [-0.25, -0.2) is 13.5 Å². The largest absolute Gasteiger partial charge is 0.494 e. The van der Waals surface area contributed by atoms with Gasteiger partial charge in [-0.1, -0.05) is 23.9 Å². The van der Waals surface area contributed by atoms with Crippen LogP contribution in [0.4, 0.5) is 8.78 Å². The molecule has 0 saturated heterocycles. The van der Waals surface area contributed by atoms with E-state index in [1.807, 2.05) is 0 Å². The molecule has 130 valence electrons. The molecule has 0 spiro atoms. The standard InChI is InChI=1S/C17H16F2N4OS/c18-13-5-7-15(8-6-13)24-9-2-10-25-17-22-21-16(23(17)20)12-3-1-4-14(19)11-12/h1,3-8,11H,2,9-10,20H2. The zero-order valence-electron chi connectivity index (χ0n) is 13.2. The summed E-state index contributed by atoms with van der Waals surface area (Å²) in [6, 6.07) is 11.9. The van der Waals surface area contributed by atoms with Crippen molar-refractivity contribution in [3.8, 4) is 17.1 Å². The highest BCUT2D eigenvalue weighted by molar-refractivity contribution is 7.99. The second kappa shape index (κ2) is 7.98. The van der Waals surface area contributed by atoms with Gasteiger partial charge in [0.25, 0.3) is 0 Å². The molecule has 1 aromatic heterocycles. The first kappa shape index (κ1) is 17.2. The zero-order chi connectivity index (χ0) is 17.6. The monoisotopic (exact) mass is 362 g/mol. The second-order valence-corrected chi connectivity index (χ2v) is 6.25. The van der Waals surface area contributed by atoms with Crippen LogP contribution in [-0.4, -0.2) is 27.2 Å². The van der Waals surface area contributed by atoms with E-state index in [1.54, 1.807) is 24.3 Å². The third-order valence-electron chi connectivity index (χ3n) is 3.35. The van der Waals surface area contributed by atoms with Gasteiger partial charge in [0.2, 0.25) is 5.16 Å². The fourth-order valence-corrected chi connectivity index (χ4v) is 2.91. The second-order valence-electron chi connectivity index (χ2n) is 5.19. The van der Waals surface area contributed by atoms with E-state index in [0.717, 1.165) is 12.2 Å². The Kier molecular flexibility index (Phi) is 5.49. The topological polar surface area (TPSA) is 66.0 Å². The third kappa shape index (κ3) is 4.48.